The molecule has 1 N–H and O–H groups in total. The van der Waals surface area contributed by atoms with Gasteiger partial charge in [0, 0.05) is 13.1 Å². The summed E-state index contributed by atoms with van der Waals surface area (Å²) in [5.74, 6) is -0.348. The van der Waals surface area contributed by atoms with E-state index in [9.17, 15) is 14.4 Å². The Hall–Kier alpha value is -2.37. The summed E-state index contributed by atoms with van der Waals surface area (Å²) in [4.78, 5) is 37.4. The van der Waals surface area contributed by atoms with Gasteiger partial charge in [-0.3, -0.25) is 14.4 Å². The van der Waals surface area contributed by atoms with Crippen molar-refractivity contribution in [1.82, 2.24) is 10.2 Å². The maximum Gasteiger partial charge on any atom is 0.325 e. The maximum absolute atomic E-state index is 12.2. The first-order valence-electron chi connectivity index (χ1n) is 9.17. The van der Waals surface area contributed by atoms with Crippen LogP contribution < -0.4 is 5.32 Å². The third-order valence-corrected chi connectivity index (χ3v) is 4.92. The molecule has 142 valence electrons. The third-order valence-electron chi connectivity index (χ3n) is 4.92. The molecule has 2 amide bonds. The minimum Gasteiger partial charge on any atom is -0.454 e. The molecule has 0 aromatic heterocycles. The zero-order chi connectivity index (χ0) is 18.9. The Morgan fingerprint density at radius 3 is 2.42 bits per heavy atom. The van der Waals surface area contributed by atoms with Crippen molar-refractivity contribution in [3.63, 3.8) is 0 Å². The van der Waals surface area contributed by atoms with E-state index in [1.807, 2.05) is 30.3 Å². The molecule has 0 spiro atoms. The second-order valence-corrected chi connectivity index (χ2v) is 7.02. The van der Waals surface area contributed by atoms with Gasteiger partial charge in [-0.2, -0.15) is 0 Å². The number of benzene rings is 1. The van der Waals surface area contributed by atoms with E-state index in [-0.39, 0.29) is 37.4 Å². The van der Waals surface area contributed by atoms with Crippen LogP contribution in [0.15, 0.2) is 30.3 Å². The van der Waals surface area contributed by atoms with E-state index in [0.29, 0.717) is 5.92 Å². The predicted molar refractivity (Wildman–Crippen MR) is 98.3 cm³/mol. The molecule has 1 saturated carbocycles. The fraction of sp³-hybridized carbons (Fsp3) is 0.550. The molecule has 0 bridgehead atoms. The van der Waals surface area contributed by atoms with Gasteiger partial charge in [0.2, 0.25) is 5.91 Å². The van der Waals surface area contributed by atoms with Crippen molar-refractivity contribution in [3.05, 3.63) is 35.9 Å². The van der Waals surface area contributed by atoms with Crippen molar-refractivity contribution in [1.29, 1.82) is 0 Å². The summed E-state index contributed by atoms with van der Waals surface area (Å²) < 4.78 is 4.99. The summed E-state index contributed by atoms with van der Waals surface area (Å²) in [6.07, 6.45) is 4.43. The van der Waals surface area contributed by atoms with E-state index in [1.165, 1.54) is 0 Å². The number of carbonyl (C=O) groups excluding carboxylic acids is 3. The first-order chi connectivity index (χ1) is 12.5. The fourth-order valence-electron chi connectivity index (χ4n) is 3.14. The molecular formula is C20H28N2O4. The summed E-state index contributed by atoms with van der Waals surface area (Å²) in [6.45, 7) is 1.71. The van der Waals surface area contributed by atoms with Gasteiger partial charge in [-0.05, 0) is 37.2 Å². The van der Waals surface area contributed by atoms with Crippen molar-refractivity contribution in [2.45, 2.75) is 45.1 Å². The third kappa shape index (κ3) is 6.50. The van der Waals surface area contributed by atoms with Crippen molar-refractivity contribution >= 4 is 17.8 Å². The Balaban J connectivity index is 1.64. The molecule has 26 heavy (non-hydrogen) atoms. The quantitative estimate of drug-likeness (QED) is 0.754. The molecule has 6 nitrogen and oxygen atoms in total. The van der Waals surface area contributed by atoms with Crippen LogP contribution in [-0.2, 0) is 25.5 Å². The van der Waals surface area contributed by atoms with Gasteiger partial charge < -0.3 is 15.0 Å². The van der Waals surface area contributed by atoms with Crippen LogP contribution in [-0.4, -0.2) is 48.9 Å². The lowest BCUT2D eigenvalue weighted by Crippen LogP contribution is -2.42. The van der Waals surface area contributed by atoms with E-state index < -0.39 is 5.97 Å². The van der Waals surface area contributed by atoms with Gasteiger partial charge in [-0.1, -0.05) is 37.3 Å². The number of hydrogen-bond acceptors (Lipinski definition) is 4. The molecule has 2 rings (SSSR count). The smallest absolute Gasteiger partial charge is 0.325 e. The summed E-state index contributed by atoms with van der Waals surface area (Å²) in [7, 11) is 1.76. The van der Waals surface area contributed by atoms with Crippen molar-refractivity contribution in [2.24, 2.45) is 5.92 Å². The van der Waals surface area contributed by atoms with Crippen LogP contribution in [0.2, 0.25) is 0 Å². The van der Waals surface area contributed by atoms with Gasteiger partial charge in [-0.15, -0.1) is 0 Å². The molecule has 0 aliphatic heterocycles. The number of esters is 1. The Bertz CT molecular complexity index is 609. The highest BCUT2D eigenvalue weighted by atomic mass is 16.5. The number of nitrogens with one attached hydrogen (secondary N) is 1. The molecule has 0 saturated heterocycles. The molecule has 0 unspecified atom stereocenters. The van der Waals surface area contributed by atoms with E-state index in [4.69, 9.17) is 4.74 Å². The molecule has 0 atom stereocenters. The fourth-order valence-corrected chi connectivity index (χ4v) is 3.14. The molecule has 1 fully saturated rings. The van der Waals surface area contributed by atoms with E-state index in [1.54, 1.807) is 11.9 Å². The Kier molecular flexibility index (Phi) is 7.63. The van der Waals surface area contributed by atoms with Gasteiger partial charge in [0.15, 0.2) is 6.61 Å². The summed E-state index contributed by atoms with van der Waals surface area (Å²) >= 11 is 0. The number of rotatable bonds is 7. The average Bonchev–Trinajstić information content (AvgIpc) is 2.65. The molecule has 1 aliphatic carbocycles. The second-order valence-electron chi connectivity index (χ2n) is 7.02. The minimum absolute atomic E-state index is 0.200. The summed E-state index contributed by atoms with van der Waals surface area (Å²) in [6, 6.07) is 9.50. The summed E-state index contributed by atoms with van der Waals surface area (Å²) in [5, 5.41) is 2.51. The van der Waals surface area contributed by atoms with Crippen LogP contribution in [0.4, 0.5) is 0 Å². The largest absolute Gasteiger partial charge is 0.454 e. The van der Waals surface area contributed by atoms with Crippen LogP contribution in [0.1, 0.15) is 38.2 Å². The molecule has 0 radical (unpaired) electrons. The SMILES string of the molecule is CC1CCC(N(C)C(=O)COC(=O)CNC(=O)Cc2ccccc2)CC1. The Labute approximate surface area is 154 Å². The van der Waals surface area contributed by atoms with E-state index in [2.05, 4.69) is 12.2 Å². The number of ether oxygens (including phenoxy) is 1. The van der Waals surface area contributed by atoms with E-state index in [0.717, 1.165) is 31.2 Å². The average molecular weight is 360 g/mol. The molecule has 1 aromatic rings. The number of nitrogens with zero attached hydrogens (tertiary/aromatic N) is 1. The maximum atomic E-state index is 12.2. The summed E-state index contributed by atoms with van der Waals surface area (Å²) in [5.41, 5.74) is 0.872. The van der Waals surface area contributed by atoms with Gasteiger partial charge >= 0.3 is 5.97 Å². The normalized spacial score (nSPS) is 19.5. The zero-order valence-electron chi connectivity index (χ0n) is 15.6. The number of amides is 2. The minimum atomic E-state index is -0.606. The lowest BCUT2D eigenvalue weighted by Gasteiger charge is -2.33. The highest BCUT2D eigenvalue weighted by molar-refractivity contribution is 5.85. The second kappa shape index (κ2) is 9.94. The molecule has 1 aliphatic rings. The number of hydrogen-bond donors (Lipinski definition) is 1. The molecular weight excluding hydrogens is 332 g/mol. The van der Waals surface area contributed by atoms with Crippen LogP contribution in [0.5, 0.6) is 0 Å². The Morgan fingerprint density at radius 1 is 1.12 bits per heavy atom. The van der Waals surface area contributed by atoms with Gasteiger partial charge in [0.05, 0.1) is 6.42 Å². The monoisotopic (exact) mass is 360 g/mol. The van der Waals surface area contributed by atoms with Crippen LogP contribution in [0, 0.1) is 5.92 Å². The van der Waals surface area contributed by atoms with Crippen molar-refractivity contribution in [3.8, 4) is 0 Å². The molecule has 6 heteroatoms. The van der Waals surface area contributed by atoms with Crippen molar-refractivity contribution in [2.75, 3.05) is 20.2 Å². The lowest BCUT2D eigenvalue weighted by molar-refractivity contribution is -0.152. The van der Waals surface area contributed by atoms with Crippen LogP contribution in [0.3, 0.4) is 0 Å². The Morgan fingerprint density at radius 2 is 1.77 bits per heavy atom. The van der Waals surface area contributed by atoms with Gasteiger partial charge in [0.25, 0.3) is 5.91 Å². The van der Waals surface area contributed by atoms with E-state index >= 15 is 0 Å². The molecule has 1 aromatic carbocycles. The van der Waals surface area contributed by atoms with Crippen molar-refractivity contribution < 1.29 is 19.1 Å². The lowest BCUT2D eigenvalue weighted by atomic mass is 9.87. The van der Waals surface area contributed by atoms with Gasteiger partial charge in [-0.25, -0.2) is 0 Å². The zero-order valence-corrected chi connectivity index (χ0v) is 15.6. The molecule has 0 heterocycles. The van der Waals surface area contributed by atoms with Crippen LogP contribution >= 0.6 is 0 Å². The highest BCUT2D eigenvalue weighted by Crippen LogP contribution is 2.26. The first-order valence-corrected chi connectivity index (χ1v) is 9.17. The standard InChI is InChI=1S/C20H28N2O4/c1-15-8-10-17(11-9-15)22(2)19(24)14-26-20(25)13-21-18(23)12-16-6-4-3-5-7-16/h3-7,15,17H,8-14H2,1-2H3,(H,21,23). The topological polar surface area (TPSA) is 75.7 Å². The highest BCUT2D eigenvalue weighted by Gasteiger charge is 2.25. The number of likely N-dealkylation sites (N-methyl/N-ethyl adjacent to an activating group) is 1. The first kappa shape index (κ1) is 19.9. The van der Waals surface area contributed by atoms with Crippen LogP contribution in [0.25, 0.3) is 0 Å². The predicted octanol–water partition coefficient (Wildman–Crippen LogP) is 1.93. The number of carbonyl (C=O) groups is 3. The van der Waals surface area contributed by atoms with Gasteiger partial charge in [0.1, 0.15) is 6.54 Å².